The maximum atomic E-state index is 12.1. The lowest BCUT2D eigenvalue weighted by molar-refractivity contribution is 0.581. The van der Waals surface area contributed by atoms with E-state index in [0.717, 1.165) is 11.3 Å². The van der Waals surface area contributed by atoms with Crippen LogP contribution in [-0.4, -0.2) is 18.2 Å². The number of hydrogen-bond acceptors (Lipinski definition) is 3. The Labute approximate surface area is 129 Å². The predicted octanol–water partition coefficient (Wildman–Crippen LogP) is 2.35. The molecule has 5 nitrogen and oxygen atoms in total. The molecule has 1 N–H and O–H groups in total. The molecule has 3 rings (SSSR count). The molecule has 0 aliphatic heterocycles. The molecule has 6 heteroatoms. The Kier molecular flexibility index (Phi) is 4.04. The van der Waals surface area contributed by atoms with Gasteiger partial charge in [0.1, 0.15) is 0 Å². The van der Waals surface area contributed by atoms with Crippen molar-refractivity contribution in [3.63, 3.8) is 0 Å². The number of benzene rings is 2. The molecule has 0 amide bonds. The first kappa shape index (κ1) is 14.5. The number of aromatic nitrogens is 2. The van der Waals surface area contributed by atoms with E-state index in [2.05, 4.69) is 9.82 Å². The fourth-order valence-corrected chi connectivity index (χ4v) is 3.07. The molecule has 1 aromatic heterocycles. The number of nitrogens with zero attached hydrogens (tertiary/aromatic N) is 2. The molecule has 0 radical (unpaired) electrons. The summed E-state index contributed by atoms with van der Waals surface area (Å²) < 4.78 is 28.6. The molecule has 0 unspecified atom stereocenters. The van der Waals surface area contributed by atoms with E-state index in [9.17, 15) is 8.42 Å². The van der Waals surface area contributed by atoms with E-state index < -0.39 is 10.0 Å². The molecule has 3 aromatic rings. The summed E-state index contributed by atoms with van der Waals surface area (Å²) >= 11 is 0. The van der Waals surface area contributed by atoms with Crippen LogP contribution in [0.4, 0.5) is 0 Å². The fraction of sp³-hybridized carbons (Fsp3) is 0.0625. The average Bonchev–Trinajstić information content (AvgIpc) is 3.04. The molecule has 22 heavy (non-hydrogen) atoms. The van der Waals surface area contributed by atoms with E-state index >= 15 is 0 Å². The van der Waals surface area contributed by atoms with Gasteiger partial charge in [0, 0.05) is 18.3 Å². The smallest absolute Gasteiger partial charge is 0.240 e. The minimum Gasteiger partial charge on any atom is -0.241 e. The minimum absolute atomic E-state index is 0.198. The van der Waals surface area contributed by atoms with E-state index in [1.807, 2.05) is 36.5 Å². The standard InChI is InChI=1S/C16H15N3O2S/c20-22(21,16-9-5-2-6-10-16)18-12-14-11-17-19(13-14)15-7-3-1-4-8-15/h1-11,13,18H,12H2. The van der Waals surface area contributed by atoms with Gasteiger partial charge in [0.25, 0.3) is 0 Å². The number of rotatable bonds is 5. The van der Waals surface area contributed by atoms with Gasteiger partial charge >= 0.3 is 0 Å². The van der Waals surface area contributed by atoms with E-state index in [1.165, 1.54) is 0 Å². The van der Waals surface area contributed by atoms with Crippen molar-refractivity contribution in [1.29, 1.82) is 0 Å². The van der Waals surface area contributed by atoms with Crippen LogP contribution in [-0.2, 0) is 16.6 Å². The van der Waals surface area contributed by atoms with Crippen molar-refractivity contribution in [3.05, 3.63) is 78.6 Å². The largest absolute Gasteiger partial charge is 0.241 e. The molecule has 0 atom stereocenters. The second-order valence-corrected chi connectivity index (χ2v) is 6.53. The van der Waals surface area contributed by atoms with Crippen molar-refractivity contribution in [3.8, 4) is 5.69 Å². The van der Waals surface area contributed by atoms with E-state index in [0.29, 0.717) is 0 Å². The molecular weight excluding hydrogens is 298 g/mol. The van der Waals surface area contributed by atoms with Crippen molar-refractivity contribution in [2.75, 3.05) is 0 Å². The number of hydrogen-bond donors (Lipinski definition) is 1. The van der Waals surface area contributed by atoms with Gasteiger partial charge in [-0.15, -0.1) is 0 Å². The van der Waals surface area contributed by atoms with Gasteiger partial charge < -0.3 is 0 Å². The van der Waals surface area contributed by atoms with Crippen LogP contribution in [0.25, 0.3) is 5.69 Å². The summed E-state index contributed by atoms with van der Waals surface area (Å²) in [6.45, 7) is 0.198. The topological polar surface area (TPSA) is 64.0 Å². The highest BCUT2D eigenvalue weighted by Crippen LogP contribution is 2.10. The van der Waals surface area contributed by atoms with Gasteiger partial charge in [-0.25, -0.2) is 17.8 Å². The third-order valence-electron chi connectivity index (χ3n) is 3.18. The lowest BCUT2D eigenvalue weighted by Gasteiger charge is -2.05. The molecule has 0 bridgehead atoms. The first-order valence-corrected chi connectivity index (χ1v) is 8.27. The van der Waals surface area contributed by atoms with Crippen LogP contribution in [0.1, 0.15) is 5.56 Å². The summed E-state index contributed by atoms with van der Waals surface area (Å²) in [5, 5.41) is 4.24. The van der Waals surface area contributed by atoms with Gasteiger partial charge in [-0.2, -0.15) is 5.10 Å². The molecular formula is C16H15N3O2S. The SMILES string of the molecule is O=S(=O)(NCc1cnn(-c2ccccc2)c1)c1ccccc1. The second-order valence-electron chi connectivity index (χ2n) is 4.77. The van der Waals surface area contributed by atoms with E-state index in [4.69, 9.17) is 0 Å². The Balaban J connectivity index is 1.72. The predicted molar refractivity (Wildman–Crippen MR) is 84.0 cm³/mol. The molecule has 0 saturated carbocycles. The van der Waals surface area contributed by atoms with Crippen molar-refractivity contribution >= 4 is 10.0 Å². The number of nitrogens with one attached hydrogen (secondary N) is 1. The van der Waals surface area contributed by atoms with E-state index in [-0.39, 0.29) is 11.4 Å². The highest BCUT2D eigenvalue weighted by Gasteiger charge is 2.13. The normalized spacial score (nSPS) is 11.5. The number of sulfonamides is 1. The molecule has 112 valence electrons. The number of para-hydroxylation sites is 1. The van der Waals surface area contributed by atoms with Crippen LogP contribution in [0.15, 0.2) is 78.0 Å². The Morgan fingerprint density at radius 1 is 0.955 bits per heavy atom. The van der Waals surface area contributed by atoms with Crippen molar-refractivity contribution in [2.24, 2.45) is 0 Å². The first-order chi connectivity index (χ1) is 10.6. The van der Waals surface area contributed by atoms with Gasteiger partial charge in [-0.05, 0) is 24.3 Å². The van der Waals surface area contributed by atoms with Gasteiger partial charge in [-0.3, -0.25) is 0 Å². The maximum absolute atomic E-state index is 12.1. The van der Waals surface area contributed by atoms with Crippen molar-refractivity contribution in [2.45, 2.75) is 11.4 Å². The zero-order valence-corrected chi connectivity index (χ0v) is 12.6. The van der Waals surface area contributed by atoms with Gasteiger partial charge in [0.05, 0.1) is 16.8 Å². The summed E-state index contributed by atoms with van der Waals surface area (Å²) in [4.78, 5) is 0.255. The van der Waals surface area contributed by atoms with Crippen LogP contribution < -0.4 is 4.72 Å². The van der Waals surface area contributed by atoms with E-state index in [1.54, 1.807) is 41.2 Å². The molecule has 1 heterocycles. The monoisotopic (exact) mass is 313 g/mol. The van der Waals surface area contributed by atoms with Gasteiger partial charge in [-0.1, -0.05) is 36.4 Å². The fourth-order valence-electron chi connectivity index (χ4n) is 2.03. The second kappa shape index (κ2) is 6.13. The highest BCUT2D eigenvalue weighted by atomic mass is 32.2. The minimum atomic E-state index is -3.50. The molecule has 0 saturated heterocycles. The van der Waals surface area contributed by atoms with Crippen LogP contribution in [0.3, 0.4) is 0 Å². The summed E-state index contributed by atoms with van der Waals surface area (Å²) in [5.74, 6) is 0. The lowest BCUT2D eigenvalue weighted by Crippen LogP contribution is -2.22. The van der Waals surface area contributed by atoms with Gasteiger partial charge in [0.15, 0.2) is 0 Å². The summed E-state index contributed by atoms with van der Waals surface area (Å²) in [7, 11) is -3.50. The quantitative estimate of drug-likeness (QED) is 0.786. The lowest BCUT2D eigenvalue weighted by atomic mass is 10.3. The maximum Gasteiger partial charge on any atom is 0.240 e. The Hall–Kier alpha value is -2.44. The first-order valence-electron chi connectivity index (χ1n) is 6.79. The third kappa shape index (κ3) is 3.24. The van der Waals surface area contributed by atoms with Crippen LogP contribution in [0.2, 0.25) is 0 Å². The molecule has 0 aliphatic carbocycles. The van der Waals surface area contributed by atoms with Crippen LogP contribution in [0, 0.1) is 0 Å². The van der Waals surface area contributed by atoms with Gasteiger partial charge in [0.2, 0.25) is 10.0 Å². The Morgan fingerprint density at radius 3 is 2.27 bits per heavy atom. The van der Waals surface area contributed by atoms with Crippen molar-refractivity contribution in [1.82, 2.24) is 14.5 Å². The highest BCUT2D eigenvalue weighted by molar-refractivity contribution is 7.89. The molecule has 2 aromatic carbocycles. The molecule has 0 aliphatic rings. The zero-order valence-electron chi connectivity index (χ0n) is 11.8. The van der Waals surface area contributed by atoms with Crippen LogP contribution in [0.5, 0.6) is 0 Å². The third-order valence-corrected chi connectivity index (χ3v) is 4.59. The van der Waals surface area contributed by atoms with Crippen molar-refractivity contribution < 1.29 is 8.42 Å². The molecule has 0 spiro atoms. The molecule has 0 fully saturated rings. The van der Waals surface area contributed by atoms with Crippen LogP contribution >= 0.6 is 0 Å². The average molecular weight is 313 g/mol. The Morgan fingerprint density at radius 2 is 1.59 bits per heavy atom. The summed E-state index contributed by atoms with van der Waals surface area (Å²) in [6.07, 6.45) is 3.46. The zero-order chi connectivity index (χ0) is 15.4. The summed E-state index contributed by atoms with van der Waals surface area (Å²) in [6, 6.07) is 18.0. The summed E-state index contributed by atoms with van der Waals surface area (Å²) in [5.41, 5.74) is 1.73. The Bertz CT molecular complexity index is 843.